The Kier molecular flexibility index (Phi) is 23.3. The number of aromatic amines is 3. The predicted molar refractivity (Wildman–Crippen MR) is 303 cm³/mol. The smallest absolute Gasteiger partial charge is 0.330 e. The van der Waals surface area contributed by atoms with Crippen molar-refractivity contribution in [3.63, 3.8) is 0 Å². The second-order valence-electron chi connectivity index (χ2n) is 21.5. The van der Waals surface area contributed by atoms with Crippen LogP contribution < -0.4 is 49.7 Å². The SMILES string of the molecule is CC[C@@]1(C)O[C@@H](n2cc(C)c(=O)[nH]c2=O)[C@H](N(C)C(=O)NC)[C@@H]1O.CC[C@@]1(C)O[C@@H](n2cc(C)c(=O)[nH]c2=O)[C@H](NC)[C@@H]1O.[C-]#[N+]CCOP(O[C@H]1[C@@H](N(C)C(=O)NC)[C@H](n2cc(C)c(=O)[nH]c2=O)O[C@]1(C)CC)N(C(C)C)C(C)C. The summed E-state index contributed by atoms with van der Waals surface area (Å²) in [7, 11) is 6.18. The molecular weight excluding hydrogens is 1080 g/mol. The lowest BCUT2D eigenvalue weighted by Gasteiger charge is -2.41. The molecule has 0 spiro atoms. The molecule has 0 saturated carbocycles. The van der Waals surface area contributed by atoms with Crippen molar-refractivity contribution < 1.29 is 43.1 Å². The van der Waals surface area contributed by atoms with E-state index < -0.39 is 120 Å². The van der Waals surface area contributed by atoms with Crippen molar-refractivity contribution in [2.75, 3.05) is 48.4 Å². The molecule has 28 nitrogen and oxygen atoms in total. The number of aliphatic hydroxyl groups is 2. The number of nitrogens with one attached hydrogen (secondary N) is 6. The number of rotatable bonds is 17. The molecule has 3 fully saturated rings. The zero-order valence-electron chi connectivity index (χ0n) is 49.9. The lowest BCUT2D eigenvalue weighted by Crippen LogP contribution is -2.54. The van der Waals surface area contributed by atoms with Crippen LogP contribution in [0.25, 0.3) is 4.85 Å². The van der Waals surface area contributed by atoms with E-state index in [-0.39, 0.29) is 31.3 Å². The van der Waals surface area contributed by atoms with E-state index in [1.807, 2.05) is 62.3 Å². The number of hydrogen-bond donors (Lipinski definition) is 8. The van der Waals surface area contributed by atoms with Gasteiger partial charge in [-0.2, -0.15) is 0 Å². The summed E-state index contributed by atoms with van der Waals surface area (Å²) < 4.78 is 37.2. The Morgan fingerprint density at radius 2 is 1.05 bits per heavy atom. The highest BCUT2D eigenvalue weighted by Gasteiger charge is 2.58. The third kappa shape index (κ3) is 14.5. The van der Waals surface area contributed by atoms with Crippen LogP contribution in [0.3, 0.4) is 0 Å². The minimum Gasteiger partial charge on any atom is -0.388 e. The van der Waals surface area contributed by atoms with E-state index in [9.17, 15) is 48.6 Å². The molecule has 454 valence electrons. The van der Waals surface area contributed by atoms with Crippen LogP contribution in [0, 0.1) is 27.3 Å². The number of aryl methyl sites for hydroxylation is 3. The Labute approximate surface area is 472 Å². The van der Waals surface area contributed by atoms with Gasteiger partial charge in [-0.1, -0.05) is 20.8 Å². The molecule has 6 heterocycles. The fourth-order valence-corrected chi connectivity index (χ4v) is 11.8. The van der Waals surface area contributed by atoms with E-state index in [4.69, 9.17) is 29.8 Å². The summed E-state index contributed by atoms with van der Waals surface area (Å²) >= 11 is 0. The second kappa shape index (κ2) is 27.9. The molecule has 0 radical (unpaired) electrons. The van der Waals surface area contributed by atoms with E-state index in [1.165, 1.54) is 63.2 Å². The molecule has 4 amide bonds. The number of H-pyrrole nitrogens is 3. The molecule has 3 saturated heterocycles. The predicted octanol–water partition coefficient (Wildman–Crippen LogP) is 1.88. The molecule has 3 aliphatic heterocycles. The van der Waals surface area contributed by atoms with Gasteiger partial charge in [-0.05, 0) is 95.5 Å². The standard InChI is InChI=1S/C24H41N6O6P.C15H24N4O5.C13H21N3O4/c1-11-24(7)19(36-37(34-13-12-25-8)30(15(2)3)16(4)5)18(28(10)22(32)26-9)21(35-24)29-14-17(6)20(31)27-23(29)33;1-6-15(3)10(20)9(18(5)13(22)16-4)12(24-15)19-7-8(2)11(21)17-14(19)23;1-5-13(3)9(17)8(14-4)11(20-13)16-6-7(2)10(18)15-12(16)19/h14-16,18-19,21H,11-13H2,1-7,9-10H3,(H,26,32)(H,27,31,33);7,9-10,12,20H,6H2,1-5H3,(H,16,22)(H,17,21,23);6,8-9,11,14,17H,5H2,1-4H3,(H,15,18,19)/t18-,19+,21-,24-,37?;9-,10+,12-,15-;8-,9+,11-,13-/m111/s1. The minimum absolute atomic E-state index is 0.0737. The highest BCUT2D eigenvalue weighted by atomic mass is 31.2. The molecule has 6 rings (SSSR count). The van der Waals surface area contributed by atoms with Crippen LogP contribution in [0.15, 0.2) is 47.4 Å². The summed E-state index contributed by atoms with van der Waals surface area (Å²) in [5.41, 5.74) is -4.71. The van der Waals surface area contributed by atoms with Crippen LogP contribution in [0.5, 0.6) is 0 Å². The van der Waals surface area contributed by atoms with Crippen LogP contribution in [0.4, 0.5) is 9.59 Å². The molecule has 8 N–H and O–H groups in total. The van der Waals surface area contributed by atoms with Gasteiger partial charge >= 0.3 is 29.1 Å². The number of aromatic nitrogens is 6. The Balaban J connectivity index is 0.000000277. The van der Waals surface area contributed by atoms with Crippen molar-refractivity contribution in [2.24, 2.45) is 0 Å². The third-order valence-corrected chi connectivity index (χ3v) is 17.5. The van der Waals surface area contributed by atoms with Gasteiger partial charge in [0, 0.05) is 75.6 Å². The van der Waals surface area contributed by atoms with Crippen LogP contribution in [-0.2, 0) is 23.3 Å². The maximum absolute atomic E-state index is 12.9. The van der Waals surface area contributed by atoms with E-state index in [2.05, 4.69) is 40.4 Å². The summed E-state index contributed by atoms with van der Waals surface area (Å²) in [6, 6.07) is -2.62. The van der Waals surface area contributed by atoms with Crippen LogP contribution in [0.2, 0.25) is 0 Å². The molecule has 3 aliphatic rings. The average Bonchev–Trinajstić information content (AvgIpc) is 4.09. The number of carbonyl (C=O) groups excluding carboxylic acids is 2. The number of hydrogen-bond acceptors (Lipinski definition) is 17. The highest BCUT2D eigenvalue weighted by molar-refractivity contribution is 7.44. The summed E-state index contributed by atoms with van der Waals surface area (Å²) in [5.74, 6) is 0. The fraction of sp³-hybridized carbons (Fsp3) is 0.712. The van der Waals surface area contributed by atoms with Gasteiger partial charge in [0.1, 0.15) is 37.0 Å². The van der Waals surface area contributed by atoms with Gasteiger partial charge in [-0.25, -0.2) is 35.2 Å². The fourth-order valence-electron chi connectivity index (χ4n) is 9.96. The number of ether oxygens (including phenoxy) is 3. The third-order valence-electron chi connectivity index (χ3n) is 15.4. The Morgan fingerprint density at radius 1 is 0.679 bits per heavy atom. The van der Waals surface area contributed by atoms with E-state index >= 15 is 0 Å². The van der Waals surface area contributed by atoms with E-state index in [1.54, 1.807) is 41.8 Å². The molecule has 0 bridgehead atoms. The minimum atomic E-state index is -1.67. The largest absolute Gasteiger partial charge is 0.388 e. The monoisotopic (exact) mass is 1160 g/mol. The van der Waals surface area contributed by atoms with Crippen molar-refractivity contribution in [3.05, 3.63) is 109 Å². The molecule has 0 aliphatic carbocycles. The van der Waals surface area contributed by atoms with E-state index in [0.29, 0.717) is 36.0 Å². The molecule has 13 atom stereocenters. The van der Waals surface area contributed by atoms with Crippen LogP contribution in [-0.4, -0.2) is 179 Å². The van der Waals surface area contributed by atoms with Gasteiger partial charge < -0.3 is 64.1 Å². The summed E-state index contributed by atoms with van der Waals surface area (Å²) in [6.45, 7) is 31.6. The van der Waals surface area contributed by atoms with Crippen LogP contribution in [0.1, 0.15) is 124 Å². The molecule has 0 aromatic carbocycles. The zero-order valence-corrected chi connectivity index (χ0v) is 50.8. The molecule has 81 heavy (non-hydrogen) atoms. The first kappa shape index (κ1) is 67.6. The molecular formula is C52H86N13O15P. The van der Waals surface area contributed by atoms with Gasteiger partial charge in [0.15, 0.2) is 18.7 Å². The van der Waals surface area contributed by atoms with Gasteiger partial charge in [0.05, 0.1) is 22.8 Å². The molecule has 1 unspecified atom stereocenters. The highest BCUT2D eigenvalue weighted by Crippen LogP contribution is 2.53. The van der Waals surface area contributed by atoms with Gasteiger partial charge in [-0.3, -0.25) is 43.0 Å². The first-order chi connectivity index (χ1) is 37.8. The molecule has 3 aromatic heterocycles. The topological polar surface area (TPSA) is 336 Å². The zero-order chi connectivity index (χ0) is 61.4. The number of amides is 4. The van der Waals surface area contributed by atoms with Crippen molar-refractivity contribution in [3.8, 4) is 0 Å². The van der Waals surface area contributed by atoms with Gasteiger partial charge in [0.2, 0.25) is 6.54 Å². The lowest BCUT2D eigenvalue weighted by atomic mass is 9.93. The van der Waals surface area contributed by atoms with Gasteiger partial charge in [0.25, 0.3) is 25.2 Å². The number of carbonyl (C=O) groups is 2. The van der Waals surface area contributed by atoms with Crippen molar-refractivity contribution >= 4 is 20.6 Å². The maximum Gasteiger partial charge on any atom is 0.330 e. The van der Waals surface area contributed by atoms with Crippen molar-refractivity contribution in [1.29, 1.82) is 0 Å². The van der Waals surface area contributed by atoms with Crippen molar-refractivity contribution in [1.82, 2.24) is 59.1 Å². The first-order valence-electron chi connectivity index (χ1n) is 27.0. The van der Waals surface area contributed by atoms with Crippen LogP contribution >= 0.6 is 8.53 Å². The maximum atomic E-state index is 12.9. The Morgan fingerprint density at radius 3 is 1.43 bits per heavy atom. The summed E-state index contributed by atoms with van der Waals surface area (Å²) in [4.78, 5) is 110. The number of likely N-dealkylation sites (N-methyl/N-ethyl adjacent to an activating group) is 3. The normalized spacial score (nSPS) is 28.2. The summed E-state index contributed by atoms with van der Waals surface area (Å²) in [5, 5.41) is 29.2. The van der Waals surface area contributed by atoms with Crippen molar-refractivity contribution in [2.45, 2.75) is 193 Å². The Bertz CT molecular complexity index is 3060. The number of urea groups is 2. The Hall–Kier alpha value is -5.86. The molecule has 29 heteroatoms. The summed E-state index contributed by atoms with van der Waals surface area (Å²) in [6.07, 6.45) is 0.911. The average molecular weight is 1160 g/mol. The first-order valence-corrected chi connectivity index (χ1v) is 28.1. The van der Waals surface area contributed by atoms with Gasteiger partial charge in [-0.15, -0.1) is 0 Å². The number of nitrogens with zero attached hydrogens (tertiary/aromatic N) is 7. The number of aliphatic hydroxyl groups excluding tert-OH is 2. The second-order valence-corrected chi connectivity index (χ2v) is 22.9. The molecule has 3 aromatic rings. The lowest BCUT2D eigenvalue weighted by molar-refractivity contribution is -0.0943. The quantitative estimate of drug-likeness (QED) is 0.0543. The van der Waals surface area contributed by atoms with E-state index in [0.717, 1.165) is 0 Å².